The van der Waals surface area contributed by atoms with Crippen LogP contribution in [0.15, 0.2) is 30.3 Å². The summed E-state index contributed by atoms with van der Waals surface area (Å²) in [4.78, 5) is 12.3. The summed E-state index contributed by atoms with van der Waals surface area (Å²) < 4.78 is 5.32. The van der Waals surface area contributed by atoms with E-state index < -0.39 is 6.10 Å². The van der Waals surface area contributed by atoms with Crippen molar-refractivity contribution >= 4 is 5.91 Å². The van der Waals surface area contributed by atoms with Crippen molar-refractivity contribution in [1.82, 2.24) is 5.32 Å². The number of nitrogens with two attached hydrogens (primary N) is 1. The lowest BCUT2D eigenvalue weighted by atomic mass is 9.93. The van der Waals surface area contributed by atoms with Crippen molar-refractivity contribution in [3.8, 4) is 0 Å². The Bertz CT molecular complexity index is 394. The fourth-order valence-electron chi connectivity index (χ4n) is 2.03. The van der Waals surface area contributed by atoms with Crippen LogP contribution in [0.2, 0.25) is 0 Å². The number of amides is 1. The minimum absolute atomic E-state index is 0.119. The highest BCUT2D eigenvalue weighted by Crippen LogP contribution is 2.20. The van der Waals surface area contributed by atoms with E-state index in [1.165, 1.54) is 0 Å². The molecule has 1 aromatic rings. The van der Waals surface area contributed by atoms with Crippen LogP contribution in [-0.2, 0) is 9.53 Å². The average Bonchev–Trinajstić information content (AvgIpc) is 2.41. The quantitative estimate of drug-likeness (QED) is 0.791. The van der Waals surface area contributed by atoms with Gasteiger partial charge < -0.3 is 15.8 Å². The van der Waals surface area contributed by atoms with Crippen LogP contribution in [0.1, 0.15) is 38.4 Å². The Kier molecular flexibility index (Phi) is 5.99. The summed E-state index contributed by atoms with van der Waals surface area (Å²) in [5, 5.41) is 3.05. The lowest BCUT2D eigenvalue weighted by Crippen LogP contribution is -2.48. The second-order valence-corrected chi connectivity index (χ2v) is 4.97. The van der Waals surface area contributed by atoms with E-state index >= 15 is 0 Å². The van der Waals surface area contributed by atoms with Crippen molar-refractivity contribution in [3.63, 3.8) is 0 Å². The largest absolute Gasteiger partial charge is 0.367 e. The predicted octanol–water partition coefficient (Wildman–Crippen LogP) is 2.01. The molecule has 4 heteroatoms. The molecular formula is C15H24N2O2. The van der Waals surface area contributed by atoms with Crippen molar-refractivity contribution in [2.24, 2.45) is 5.73 Å². The molecule has 1 aromatic carbocycles. The standard InChI is InChI=1S/C15H24N2O2/c1-4-15(2,10-11-16)17-14(18)13(19-3)12-8-6-5-7-9-12/h5-9,13H,4,10-11,16H2,1-3H3,(H,17,18). The number of benzene rings is 1. The van der Waals surface area contributed by atoms with Crippen molar-refractivity contribution in [2.45, 2.75) is 38.3 Å². The highest BCUT2D eigenvalue weighted by molar-refractivity contribution is 5.82. The maximum absolute atomic E-state index is 12.3. The van der Waals surface area contributed by atoms with Crippen molar-refractivity contribution < 1.29 is 9.53 Å². The fraction of sp³-hybridized carbons (Fsp3) is 0.533. The molecule has 0 aliphatic carbocycles. The van der Waals surface area contributed by atoms with Gasteiger partial charge in [-0.2, -0.15) is 0 Å². The zero-order valence-corrected chi connectivity index (χ0v) is 12.0. The Morgan fingerprint density at radius 1 is 1.42 bits per heavy atom. The topological polar surface area (TPSA) is 64.3 Å². The van der Waals surface area contributed by atoms with Gasteiger partial charge in [0.05, 0.1) is 0 Å². The highest BCUT2D eigenvalue weighted by atomic mass is 16.5. The zero-order valence-electron chi connectivity index (χ0n) is 12.0. The van der Waals surface area contributed by atoms with E-state index in [4.69, 9.17) is 10.5 Å². The van der Waals surface area contributed by atoms with Crippen LogP contribution >= 0.6 is 0 Å². The van der Waals surface area contributed by atoms with E-state index in [-0.39, 0.29) is 11.4 Å². The number of hydrogen-bond acceptors (Lipinski definition) is 3. The minimum atomic E-state index is -0.579. The van der Waals surface area contributed by atoms with Crippen LogP contribution in [0.3, 0.4) is 0 Å². The molecule has 0 fully saturated rings. The third-order valence-corrected chi connectivity index (χ3v) is 3.48. The molecule has 0 heterocycles. The van der Waals surface area contributed by atoms with Crippen LogP contribution in [0.5, 0.6) is 0 Å². The second kappa shape index (κ2) is 7.26. The molecule has 0 saturated carbocycles. The van der Waals surface area contributed by atoms with E-state index in [1.54, 1.807) is 7.11 Å². The molecule has 0 saturated heterocycles. The van der Waals surface area contributed by atoms with Gasteiger partial charge in [0.15, 0.2) is 6.10 Å². The van der Waals surface area contributed by atoms with Gasteiger partial charge in [0.2, 0.25) is 0 Å². The number of methoxy groups -OCH3 is 1. The van der Waals surface area contributed by atoms with Gasteiger partial charge in [0, 0.05) is 12.6 Å². The van der Waals surface area contributed by atoms with Gasteiger partial charge in [-0.15, -0.1) is 0 Å². The lowest BCUT2D eigenvalue weighted by Gasteiger charge is -2.31. The number of nitrogens with one attached hydrogen (secondary N) is 1. The van der Waals surface area contributed by atoms with Crippen LogP contribution in [0, 0.1) is 0 Å². The summed E-state index contributed by atoms with van der Waals surface area (Å²) in [5.74, 6) is -0.119. The Balaban J connectivity index is 2.80. The molecule has 4 nitrogen and oxygen atoms in total. The van der Waals surface area contributed by atoms with Crippen LogP contribution < -0.4 is 11.1 Å². The Morgan fingerprint density at radius 2 is 2.05 bits per heavy atom. The first-order valence-corrected chi connectivity index (χ1v) is 6.66. The normalized spacial score (nSPS) is 15.6. The highest BCUT2D eigenvalue weighted by Gasteiger charge is 2.28. The molecule has 0 bridgehead atoms. The minimum Gasteiger partial charge on any atom is -0.367 e. The first-order valence-electron chi connectivity index (χ1n) is 6.66. The number of carbonyl (C=O) groups is 1. The number of rotatable bonds is 7. The van der Waals surface area contributed by atoms with Crippen LogP contribution in [0.4, 0.5) is 0 Å². The maximum Gasteiger partial charge on any atom is 0.254 e. The van der Waals surface area contributed by atoms with E-state index in [2.05, 4.69) is 5.32 Å². The monoisotopic (exact) mass is 264 g/mol. The molecule has 19 heavy (non-hydrogen) atoms. The molecule has 1 rings (SSSR count). The molecule has 2 unspecified atom stereocenters. The summed E-state index contributed by atoms with van der Waals surface area (Å²) in [6, 6.07) is 9.49. The Morgan fingerprint density at radius 3 is 2.53 bits per heavy atom. The first kappa shape index (κ1) is 15.7. The third-order valence-electron chi connectivity index (χ3n) is 3.48. The van der Waals surface area contributed by atoms with Crippen molar-refractivity contribution in [2.75, 3.05) is 13.7 Å². The number of hydrogen-bond donors (Lipinski definition) is 2. The lowest BCUT2D eigenvalue weighted by molar-refractivity contribution is -0.133. The fourth-order valence-corrected chi connectivity index (χ4v) is 2.03. The van der Waals surface area contributed by atoms with E-state index in [0.717, 1.165) is 18.4 Å². The van der Waals surface area contributed by atoms with Gasteiger partial charge in [-0.1, -0.05) is 37.3 Å². The molecule has 2 atom stereocenters. The van der Waals surface area contributed by atoms with E-state index in [9.17, 15) is 4.79 Å². The third kappa shape index (κ3) is 4.33. The molecule has 0 radical (unpaired) electrons. The number of ether oxygens (including phenoxy) is 1. The Hall–Kier alpha value is -1.39. The average molecular weight is 264 g/mol. The van der Waals surface area contributed by atoms with Gasteiger partial charge in [-0.3, -0.25) is 4.79 Å². The van der Waals surface area contributed by atoms with Crippen LogP contribution in [-0.4, -0.2) is 25.1 Å². The van der Waals surface area contributed by atoms with E-state index in [1.807, 2.05) is 44.2 Å². The molecule has 3 N–H and O–H groups in total. The molecule has 0 aromatic heterocycles. The summed E-state index contributed by atoms with van der Waals surface area (Å²) in [6.45, 7) is 4.60. The molecule has 0 aliphatic rings. The van der Waals surface area contributed by atoms with Gasteiger partial charge in [-0.05, 0) is 31.9 Å². The molecule has 106 valence electrons. The predicted molar refractivity (Wildman–Crippen MR) is 76.7 cm³/mol. The van der Waals surface area contributed by atoms with Crippen molar-refractivity contribution in [3.05, 3.63) is 35.9 Å². The maximum atomic E-state index is 12.3. The summed E-state index contributed by atoms with van der Waals surface area (Å²) in [7, 11) is 1.55. The number of carbonyl (C=O) groups excluding carboxylic acids is 1. The smallest absolute Gasteiger partial charge is 0.254 e. The summed E-state index contributed by atoms with van der Waals surface area (Å²) >= 11 is 0. The first-order chi connectivity index (χ1) is 9.06. The Labute approximate surface area is 115 Å². The van der Waals surface area contributed by atoms with Crippen molar-refractivity contribution in [1.29, 1.82) is 0 Å². The summed E-state index contributed by atoms with van der Waals surface area (Å²) in [6.07, 6.45) is 1.01. The second-order valence-electron chi connectivity index (χ2n) is 4.97. The molecular weight excluding hydrogens is 240 g/mol. The summed E-state index contributed by atoms with van der Waals surface area (Å²) in [5.41, 5.74) is 6.18. The van der Waals surface area contributed by atoms with Gasteiger partial charge in [0.1, 0.15) is 0 Å². The van der Waals surface area contributed by atoms with E-state index in [0.29, 0.717) is 6.54 Å². The molecule has 0 aliphatic heterocycles. The SMILES string of the molecule is CCC(C)(CCN)NC(=O)C(OC)c1ccccc1. The molecule has 0 spiro atoms. The molecule has 1 amide bonds. The van der Waals surface area contributed by atoms with Crippen LogP contribution in [0.25, 0.3) is 0 Å². The van der Waals surface area contributed by atoms with Gasteiger partial charge in [-0.25, -0.2) is 0 Å². The van der Waals surface area contributed by atoms with Gasteiger partial charge >= 0.3 is 0 Å². The zero-order chi connectivity index (χ0) is 14.3. The van der Waals surface area contributed by atoms with Gasteiger partial charge in [0.25, 0.3) is 5.91 Å².